The first kappa shape index (κ1) is 11.6. The van der Waals surface area contributed by atoms with Gasteiger partial charge in [-0.25, -0.2) is 4.98 Å². The summed E-state index contributed by atoms with van der Waals surface area (Å²) >= 11 is 1.70. The summed E-state index contributed by atoms with van der Waals surface area (Å²) in [6.45, 7) is 8.68. The molecular formula is C12H19N3S. The molecule has 0 saturated carbocycles. The Bertz CT molecular complexity index is 488. The maximum atomic E-state index is 5.79. The molecule has 2 N–H and O–H groups in total. The van der Waals surface area contributed by atoms with Crippen LogP contribution in [0.15, 0.2) is 11.6 Å². The van der Waals surface area contributed by atoms with Crippen LogP contribution in [-0.2, 0) is 11.8 Å². The van der Waals surface area contributed by atoms with Crippen LogP contribution in [0, 0.1) is 0 Å². The van der Waals surface area contributed by atoms with E-state index in [-0.39, 0.29) is 11.5 Å². The van der Waals surface area contributed by atoms with Gasteiger partial charge in [-0.1, -0.05) is 20.8 Å². The van der Waals surface area contributed by atoms with Gasteiger partial charge in [0, 0.05) is 35.1 Å². The summed E-state index contributed by atoms with van der Waals surface area (Å²) in [4.78, 5) is 5.66. The second kappa shape index (κ2) is 3.86. The van der Waals surface area contributed by atoms with Gasteiger partial charge in [0.1, 0.15) is 0 Å². The Labute approximate surface area is 100 Å². The Morgan fingerprint density at radius 1 is 1.50 bits per heavy atom. The van der Waals surface area contributed by atoms with E-state index in [9.17, 15) is 0 Å². The molecule has 1 unspecified atom stereocenters. The highest BCUT2D eigenvalue weighted by Crippen LogP contribution is 2.27. The number of rotatable bonds is 2. The number of nitrogens with zero attached hydrogens (tertiary/aromatic N) is 2. The molecule has 0 aromatic carbocycles. The zero-order valence-electron chi connectivity index (χ0n) is 10.3. The third-order valence-corrected chi connectivity index (χ3v) is 3.40. The number of nitrogens with two attached hydrogens (primary N) is 1. The van der Waals surface area contributed by atoms with Crippen LogP contribution in [0.25, 0.3) is 4.96 Å². The predicted octanol–water partition coefficient (Wildman–Crippen LogP) is 2.58. The number of fused-ring (bicyclic) bond motifs is 1. The molecule has 88 valence electrons. The smallest absolute Gasteiger partial charge is 0.194 e. The molecule has 2 aromatic heterocycles. The van der Waals surface area contributed by atoms with Gasteiger partial charge in [0.2, 0.25) is 0 Å². The van der Waals surface area contributed by atoms with Crippen LogP contribution in [0.4, 0.5) is 0 Å². The van der Waals surface area contributed by atoms with Crippen LogP contribution in [0.1, 0.15) is 39.1 Å². The van der Waals surface area contributed by atoms with E-state index in [1.165, 1.54) is 5.69 Å². The molecule has 0 bridgehead atoms. The third-order valence-electron chi connectivity index (χ3n) is 2.56. The summed E-state index contributed by atoms with van der Waals surface area (Å²) in [6, 6.07) is 0.169. The summed E-state index contributed by atoms with van der Waals surface area (Å²) in [5, 5.41) is 2.19. The van der Waals surface area contributed by atoms with Crippen LogP contribution in [0.5, 0.6) is 0 Å². The summed E-state index contributed by atoms with van der Waals surface area (Å²) in [5.41, 5.74) is 8.36. The molecule has 0 amide bonds. The van der Waals surface area contributed by atoms with E-state index in [1.54, 1.807) is 11.3 Å². The van der Waals surface area contributed by atoms with E-state index in [2.05, 4.69) is 41.7 Å². The minimum atomic E-state index is 0.157. The number of hydrogen-bond donors (Lipinski definition) is 1. The van der Waals surface area contributed by atoms with Crippen molar-refractivity contribution in [2.24, 2.45) is 5.73 Å². The first-order valence-electron chi connectivity index (χ1n) is 5.59. The lowest BCUT2D eigenvalue weighted by Gasteiger charge is -2.16. The number of imidazole rings is 1. The first-order valence-corrected chi connectivity index (χ1v) is 6.47. The molecule has 0 fully saturated rings. The van der Waals surface area contributed by atoms with Gasteiger partial charge >= 0.3 is 0 Å². The minimum absolute atomic E-state index is 0.157. The molecule has 2 aromatic rings. The monoisotopic (exact) mass is 237 g/mol. The van der Waals surface area contributed by atoms with Gasteiger partial charge in [0.25, 0.3) is 0 Å². The van der Waals surface area contributed by atoms with Crippen molar-refractivity contribution in [3.63, 3.8) is 0 Å². The average molecular weight is 237 g/mol. The molecule has 0 spiro atoms. The summed E-state index contributed by atoms with van der Waals surface area (Å²) in [5.74, 6) is 0. The molecule has 16 heavy (non-hydrogen) atoms. The number of thiazole rings is 1. The third kappa shape index (κ3) is 2.13. The molecule has 0 saturated heterocycles. The highest BCUT2D eigenvalue weighted by molar-refractivity contribution is 7.15. The van der Waals surface area contributed by atoms with E-state index in [0.29, 0.717) is 0 Å². The molecule has 1 atom stereocenters. The Morgan fingerprint density at radius 2 is 2.19 bits per heavy atom. The molecule has 0 aliphatic heterocycles. The predicted molar refractivity (Wildman–Crippen MR) is 69.1 cm³/mol. The largest absolute Gasteiger partial charge is 0.328 e. The Kier molecular flexibility index (Phi) is 2.80. The Hall–Kier alpha value is -0.870. The van der Waals surface area contributed by atoms with Gasteiger partial charge in [-0.2, -0.15) is 0 Å². The van der Waals surface area contributed by atoms with Crippen molar-refractivity contribution in [1.82, 2.24) is 9.38 Å². The van der Waals surface area contributed by atoms with Crippen LogP contribution in [0.2, 0.25) is 0 Å². The topological polar surface area (TPSA) is 43.3 Å². The zero-order valence-corrected chi connectivity index (χ0v) is 11.1. The molecule has 4 heteroatoms. The van der Waals surface area contributed by atoms with Crippen molar-refractivity contribution in [2.45, 2.75) is 45.6 Å². The maximum absolute atomic E-state index is 5.79. The second-order valence-electron chi connectivity index (χ2n) is 5.44. The highest BCUT2D eigenvalue weighted by Gasteiger charge is 2.19. The van der Waals surface area contributed by atoms with Crippen molar-refractivity contribution < 1.29 is 0 Å². The van der Waals surface area contributed by atoms with E-state index >= 15 is 0 Å². The van der Waals surface area contributed by atoms with Crippen molar-refractivity contribution in [2.75, 3.05) is 0 Å². The molecule has 2 rings (SSSR count). The molecule has 0 aliphatic rings. The number of hydrogen-bond acceptors (Lipinski definition) is 3. The summed E-state index contributed by atoms with van der Waals surface area (Å²) < 4.78 is 2.20. The molecule has 0 aliphatic carbocycles. The fourth-order valence-corrected chi connectivity index (χ4v) is 2.92. The van der Waals surface area contributed by atoms with E-state index < -0.39 is 0 Å². The van der Waals surface area contributed by atoms with Gasteiger partial charge in [-0.3, -0.25) is 4.40 Å². The second-order valence-corrected chi connectivity index (χ2v) is 6.27. The molecular weight excluding hydrogens is 218 g/mol. The van der Waals surface area contributed by atoms with E-state index in [0.717, 1.165) is 17.1 Å². The van der Waals surface area contributed by atoms with Crippen LogP contribution in [-0.4, -0.2) is 15.4 Å². The molecule has 0 radical (unpaired) electrons. The van der Waals surface area contributed by atoms with E-state index in [4.69, 9.17) is 5.73 Å². The van der Waals surface area contributed by atoms with Gasteiger partial charge in [-0.05, 0) is 6.92 Å². The quantitative estimate of drug-likeness (QED) is 0.872. The molecule has 3 nitrogen and oxygen atoms in total. The van der Waals surface area contributed by atoms with Crippen molar-refractivity contribution in [3.8, 4) is 0 Å². The standard InChI is InChI=1S/C12H19N3S/c1-8(13)5-9-6-15-10(12(2,3)4)7-16-11(15)14-9/h6-8H,5,13H2,1-4H3. The lowest BCUT2D eigenvalue weighted by molar-refractivity contribution is 0.564. The molecule has 2 heterocycles. The van der Waals surface area contributed by atoms with Gasteiger partial charge in [0.15, 0.2) is 4.96 Å². The first-order chi connectivity index (χ1) is 7.38. The average Bonchev–Trinajstić information content (AvgIpc) is 2.57. The van der Waals surface area contributed by atoms with Crippen LogP contribution in [0.3, 0.4) is 0 Å². The van der Waals surface area contributed by atoms with Crippen LogP contribution < -0.4 is 5.73 Å². The Balaban J connectivity index is 2.44. The van der Waals surface area contributed by atoms with Crippen molar-refractivity contribution >= 4 is 16.3 Å². The summed E-state index contributed by atoms with van der Waals surface area (Å²) in [7, 11) is 0. The number of aromatic nitrogens is 2. The maximum Gasteiger partial charge on any atom is 0.194 e. The highest BCUT2D eigenvalue weighted by atomic mass is 32.1. The fourth-order valence-electron chi connectivity index (χ4n) is 1.80. The lowest BCUT2D eigenvalue weighted by atomic mass is 9.93. The van der Waals surface area contributed by atoms with Gasteiger partial charge in [-0.15, -0.1) is 11.3 Å². The fraction of sp³-hybridized carbons (Fsp3) is 0.583. The minimum Gasteiger partial charge on any atom is -0.328 e. The summed E-state index contributed by atoms with van der Waals surface area (Å²) in [6.07, 6.45) is 2.97. The normalized spacial score (nSPS) is 14.6. The SMILES string of the molecule is CC(N)Cc1cn2c(C(C)(C)C)csc2n1. The Morgan fingerprint density at radius 3 is 2.75 bits per heavy atom. The van der Waals surface area contributed by atoms with Crippen molar-refractivity contribution in [3.05, 3.63) is 23.0 Å². The van der Waals surface area contributed by atoms with Crippen molar-refractivity contribution in [1.29, 1.82) is 0 Å². The van der Waals surface area contributed by atoms with Crippen LogP contribution >= 0.6 is 11.3 Å². The van der Waals surface area contributed by atoms with E-state index in [1.807, 2.05) is 6.92 Å². The zero-order chi connectivity index (χ0) is 11.9. The lowest BCUT2D eigenvalue weighted by Crippen LogP contribution is -2.18. The van der Waals surface area contributed by atoms with Gasteiger partial charge in [0.05, 0.1) is 5.69 Å². The van der Waals surface area contributed by atoms with Gasteiger partial charge < -0.3 is 5.73 Å².